The van der Waals surface area contributed by atoms with Crippen molar-refractivity contribution in [2.75, 3.05) is 0 Å². The van der Waals surface area contributed by atoms with Gasteiger partial charge in [-0.15, -0.1) is 0 Å². The van der Waals surface area contributed by atoms with Gasteiger partial charge >= 0.3 is 5.97 Å². The van der Waals surface area contributed by atoms with E-state index in [-0.39, 0.29) is 16.7 Å². The Morgan fingerprint density at radius 2 is 1.66 bits per heavy atom. The Morgan fingerprint density at radius 3 is 2.51 bits per heavy atom. The van der Waals surface area contributed by atoms with E-state index in [4.69, 9.17) is 16.3 Å². The monoisotopic (exact) mass is 499 g/mol. The first-order chi connectivity index (χ1) is 17.0. The van der Waals surface area contributed by atoms with Crippen molar-refractivity contribution in [3.8, 4) is 5.75 Å². The van der Waals surface area contributed by atoms with E-state index >= 15 is 0 Å². The number of hydrogen-bond acceptors (Lipinski definition) is 5. The summed E-state index contributed by atoms with van der Waals surface area (Å²) in [7, 11) is 0. The van der Waals surface area contributed by atoms with Gasteiger partial charge < -0.3 is 4.74 Å². The third kappa shape index (κ3) is 4.85. The smallest absolute Gasteiger partial charge is 0.344 e. The van der Waals surface area contributed by atoms with Crippen LogP contribution >= 0.6 is 23.4 Å². The number of ether oxygens (including phenoxy) is 1. The van der Waals surface area contributed by atoms with Crippen molar-refractivity contribution < 1.29 is 19.1 Å². The molecule has 0 radical (unpaired) electrons. The van der Waals surface area contributed by atoms with Crippen molar-refractivity contribution in [1.29, 1.82) is 0 Å². The molecule has 0 bridgehead atoms. The van der Waals surface area contributed by atoms with Gasteiger partial charge in [-0.3, -0.25) is 14.5 Å². The largest absolute Gasteiger partial charge is 0.422 e. The summed E-state index contributed by atoms with van der Waals surface area (Å²) < 4.78 is 5.73. The van der Waals surface area contributed by atoms with Crippen LogP contribution in [-0.2, 0) is 11.3 Å². The van der Waals surface area contributed by atoms with Crippen LogP contribution in [0.1, 0.15) is 21.5 Å². The van der Waals surface area contributed by atoms with Gasteiger partial charge in [-0.2, -0.15) is 0 Å². The molecule has 0 atom stereocenters. The van der Waals surface area contributed by atoms with Crippen LogP contribution in [0.15, 0.2) is 95.9 Å². The molecule has 4 aromatic carbocycles. The number of rotatable bonds is 5. The molecule has 0 saturated carbocycles. The highest BCUT2D eigenvalue weighted by molar-refractivity contribution is 8.18. The number of carbonyl (C=O) groups is 3. The number of para-hydroxylation sites is 1. The van der Waals surface area contributed by atoms with Gasteiger partial charge in [0.15, 0.2) is 0 Å². The van der Waals surface area contributed by atoms with Crippen molar-refractivity contribution in [2.45, 2.75) is 6.54 Å². The number of nitrogens with zero attached hydrogens (tertiary/aromatic N) is 1. The third-order valence-corrected chi connectivity index (χ3v) is 6.66. The molecular weight excluding hydrogens is 482 g/mol. The fourth-order valence-corrected chi connectivity index (χ4v) is 4.89. The summed E-state index contributed by atoms with van der Waals surface area (Å²) in [5.74, 6) is -0.612. The summed E-state index contributed by atoms with van der Waals surface area (Å²) in [4.78, 5) is 40.0. The van der Waals surface area contributed by atoms with E-state index in [9.17, 15) is 14.4 Å². The molecule has 1 heterocycles. The summed E-state index contributed by atoms with van der Waals surface area (Å²) in [6.07, 6.45) is 1.58. The van der Waals surface area contributed by atoms with Crippen molar-refractivity contribution in [3.63, 3.8) is 0 Å². The zero-order chi connectivity index (χ0) is 24.4. The maximum Gasteiger partial charge on any atom is 0.344 e. The highest BCUT2D eigenvalue weighted by Crippen LogP contribution is 2.35. The van der Waals surface area contributed by atoms with Crippen molar-refractivity contribution in [1.82, 2.24) is 4.90 Å². The molecule has 1 aliphatic heterocycles. The first kappa shape index (κ1) is 22.9. The molecule has 35 heavy (non-hydrogen) atoms. The quantitative estimate of drug-likeness (QED) is 0.169. The molecule has 0 aliphatic carbocycles. The zero-order valence-electron chi connectivity index (χ0n) is 18.3. The number of hydrogen-bond donors (Lipinski definition) is 0. The van der Waals surface area contributed by atoms with Crippen LogP contribution in [0.5, 0.6) is 5.75 Å². The van der Waals surface area contributed by atoms with Crippen LogP contribution in [-0.4, -0.2) is 22.0 Å². The predicted octanol–water partition coefficient (Wildman–Crippen LogP) is 6.95. The van der Waals surface area contributed by atoms with Crippen LogP contribution in [0.25, 0.3) is 16.8 Å². The van der Waals surface area contributed by atoms with Gasteiger partial charge in [0.2, 0.25) is 0 Å². The molecule has 5 nitrogen and oxygen atoms in total. The Hall–Kier alpha value is -3.87. The first-order valence-corrected chi connectivity index (χ1v) is 12.0. The molecular formula is C28H18ClNO4S. The van der Waals surface area contributed by atoms with Crippen LogP contribution in [0, 0.1) is 0 Å². The Labute approximate surface area is 211 Å². The molecule has 4 aromatic rings. The SMILES string of the molecule is O=C(Oc1ccccc1/C=C1\SC(=O)N(Cc2cccc(Cl)c2)C1=O)c1cccc2ccccc12. The second-order valence-electron chi connectivity index (χ2n) is 7.85. The fraction of sp³-hybridized carbons (Fsp3) is 0.0357. The summed E-state index contributed by atoms with van der Waals surface area (Å²) in [6, 6.07) is 27.0. The van der Waals surface area contributed by atoms with Crippen molar-refractivity contribution in [3.05, 3.63) is 118 Å². The van der Waals surface area contributed by atoms with Crippen molar-refractivity contribution in [2.24, 2.45) is 0 Å². The van der Waals surface area contributed by atoms with E-state index in [0.717, 1.165) is 28.1 Å². The maximum atomic E-state index is 13.0. The average Bonchev–Trinajstić information content (AvgIpc) is 3.12. The minimum Gasteiger partial charge on any atom is -0.422 e. The van der Waals surface area contributed by atoms with Crippen LogP contribution < -0.4 is 4.74 Å². The van der Waals surface area contributed by atoms with E-state index in [1.165, 1.54) is 4.90 Å². The van der Waals surface area contributed by atoms with Gasteiger partial charge in [-0.25, -0.2) is 4.79 Å². The van der Waals surface area contributed by atoms with E-state index in [0.29, 0.717) is 21.9 Å². The highest BCUT2D eigenvalue weighted by atomic mass is 35.5. The third-order valence-electron chi connectivity index (χ3n) is 5.52. The molecule has 0 aromatic heterocycles. The van der Waals surface area contributed by atoms with Gasteiger partial charge in [-0.05, 0) is 58.4 Å². The summed E-state index contributed by atoms with van der Waals surface area (Å²) >= 11 is 6.88. The molecule has 7 heteroatoms. The Bertz CT molecular complexity index is 1510. The molecule has 1 fully saturated rings. The highest BCUT2D eigenvalue weighted by Gasteiger charge is 2.35. The predicted molar refractivity (Wildman–Crippen MR) is 138 cm³/mol. The summed E-state index contributed by atoms with van der Waals surface area (Å²) in [5.41, 5.74) is 1.72. The minimum absolute atomic E-state index is 0.125. The van der Waals surface area contributed by atoms with Gasteiger partial charge in [-0.1, -0.05) is 78.3 Å². The lowest BCUT2D eigenvalue weighted by molar-refractivity contribution is -0.123. The number of esters is 1. The number of imide groups is 1. The molecule has 2 amide bonds. The lowest BCUT2D eigenvalue weighted by atomic mass is 10.0. The molecule has 1 aliphatic rings. The van der Waals surface area contributed by atoms with Gasteiger partial charge in [0, 0.05) is 10.6 Å². The Kier molecular flexibility index (Phi) is 6.40. The molecule has 0 spiro atoms. The van der Waals surface area contributed by atoms with E-state index < -0.39 is 11.9 Å². The normalized spacial score (nSPS) is 14.7. The number of carbonyl (C=O) groups excluding carboxylic acids is 3. The van der Waals surface area contributed by atoms with Crippen LogP contribution in [0.4, 0.5) is 4.79 Å². The molecule has 1 saturated heterocycles. The maximum absolute atomic E-state index is 13.0. The number of fused-ring (bicyclic) bond motifs is 1. The average molecular weight is 500 g/mol. The lowest BCUT2D eigenvalue weighted by Gasteiger charge is -2.12. The van der Waals surface area contributed by atoms with Crippen molar-refractivity contribution >= 4 is 57.3 Å². The van der Waals surface area contributed by atoms with Crippen LogP contribution in [0.3, 0.4) is 0 Å². The number of benzene rings is 4. The number of halogens is 1. The van der Waals surface area contributed by atoms with E-state index in [1.807, 2.05) is 30.3 Å². The zero-order valence-corrected chi connectivity index (χ0v) is 19.9. The molecule has 5 rings (SSSR count). The van der Waals surface area contributed by atoms with E-state index in [2.05, 4.69) is 0 Å². The van der Waals surface area contributed by atoms with Gasteiger partial charge in [0.05, 0.1) is 17.0 Å². The number of thioether (sulfide) groups is 1. The fourth-order valence-electron chi connectivity index (χ4n) is 3.85. The van der Waals surface area contributed by atoms with Gasteiger partial charge in [0.1, 0.15) is 5.75 Å². The topological polar surface area (TPSA) is 63.7 Å². The lowest BCUT2D eigenvalue weighted by Crippen LogP contribution is -2.27. The first-order valence-electron chi connectivity index (χ1n) is 10.8. The van der Waals surface area contributed by atoms with Crippen LogP contribution in [0.2, 0.25) is 5.02 Å². The second kappa shape index (κ2) is 9.78. The Morgan fingerprint density at radius 1 is 0.914 bits per heavy atom. The van der Waals surface area contributed by atoms with Gasteiger partial charge in [0.25, 0.3) is 11.1 Å². The summed E-state index contributed by atoms with van der Waals surface area (Å²) in [6.45, 7) is 0.125. The molecule has 172 valence electrons. The Balaban J connectivity index is 1.40. The molecule has 0 unspecified atom stereocenters. The number of amides is 2. The minimum atomic E-state index is -0.503. The standard InChI is InChI=1S/C28H18ClNO4S/c29-21-11-5-7-18(15-21)17-30-26(31)25(35-28(30)33)16-20-9-2-4-14-24(20)34-27(32)23-13-6-10-19-8-1-3-12-22(19)23/h1-16H,17H2/b25-16-. The summed E-state index contributed by atoms with van der Waals surface area (Å²) in [5, 5.41) is 1.89. The second-order valence-corrected chi connectivity index (χ2v) is 9.28. The molecule has 0 N–H and O–H groups in total. The van der Waals surface area contributed by atoms with E-state index in [1.54, 1.807) is 66.7 Å².